The molecule has 0 bridgehead atoms. The van der Waals surface area contributed by atoms with Crippen molar-refractivity contribution in [2.24, 2.45) is 0 Å². The second-order valence-electron chi connectivity index (χ2n) is 7.17. The van der Waals surface area contributed by atoms with Crippen LogP contribution in [0.3, 0.4) is 0 Å². The number of amides is 3. The number of rotatable bonds is 5. The molecule has 5 nitrogen and oxygen atoms in total. The van der Waals surface area contributed by atoms with Gasteiger partial charge in [-0.3, -0.25) is 9.69 Å². The summed E-state index contributed by atoms with van der Waals surface area (Å²) in [6.07, 6.45) is 0.832. The Kier molecular flexibility index (Phi) is 5.75. The van der Waals surface area contributed by atoms with Crippen LogP contribution in [-0.4, -0.2) is 29.9 Å². The zero-order valence-corrected chi connectivity index (χ0v) is 16.4. The van der Waals surface area contributed by atoms with Crippen molar-refractivity contribution in [3.63, 3.8) is 0 Å². The maximum absolute atomic E-state index is 13.2. The van der Waals surface area contributed by atoms with Crippen molar-refractivity contribution >= 4 is 23.3 Å². The summed E-state index contributed by atoms with van der Waals surface area (Å²) >= 11 is 0. The lowest BCUT2D eigenvalue weighted by Crippen LogP contribution is -2.49. The van der Waals surface area contributed by atoms with Crippen LogP contribution < -0.4 is 10.2 Å². The fourth-order valence-electron chi connectivity index (χ4n) is 3.57. The van der Waals surface area contributed by atoms with E-state index < -0.39 is 5.82 Å². The van der Waals surface area contributed by atoms with Gasteiger partial charge in [0.15, 0.2) is 0 Å². The van der Waals surface area contributed by atoms with Crippen LogP contribution in [0.15, 0.2) is 78.9 Å². The van der Waals surface area contributed by atoms with Crippen LogP contribution in [0.2, 0.25) is 0 Å². The Hall–Kier alpha value is -3.67. The number of carbonyl (C=O) groups is 2. The molecule has 0 aromatic heterocycles. The van der Waals surface area contributed by atoms with Crippen molar-refractivity contribution in [2.75, 3.05) is 23.3 Å². The Bertz CT molecular complexity index is 1040. The predicted octanol–water partition coefficient (Wildman–Crippen LogP) is 4.91. The largest absolute Gasteiger partial charge is 0.324 e. The molecule has 1 heterocycles. The number of benzene rings is 3. The normalized spacial score (nSPS) is 14.0. The van der Waals surface area contributed by atoms with Gasteiger partial charge < -0.3 is 10.2 Å². The van der Waals surface area contributed by atoms with E-state index in [0.29, 0.717) is 36.6 Å². The monoisotopic (exact) mass is 403 g/mol. The van der Waals surface area contributed by atoms with Gasteiger partial charge in [0.1, 0.15) is 5.82 Å². The molecule has 1 saturated heterocycles. The van der Waals surface area contributed by atoms with Gasteiger partial charge in [-0.05, 0) is 48.4 Å². The van der Waals surface area contributed by atoms with Crippen molar-refractivity contribution < 1.29 is 14.0 Å². The molecule has 0 saturated carbocycles. The van der Waals surface area contributed by atoms with Crippen molar-refractivity contribution in [3.05, 3.63) is 95.8 Å². The molecule has 1 N–H and O–H groups in total. The number of carbonyl (C=O) groups excluding carboxylic acids is 2. The van der Waals surface area contributed by atoms with Gasteiger partial charge in [0.25, 0.3) is 5.91 Å². The molecule has 4 rings (SSSR count). The summed E-state index contributed by atoms with van der Waals surface area (Å²) < 4.78 is 13.1. The zero-order chi connectivity index (χ0) is 20.9. The van der Waals surface area contributed by atoms with Crippen LogP contribution in [0, 0.1) is 5.82 Å². The molecule has 0 radical (unpaired) electrons. The molecule has 0 spiro atoms. The smallest absolute Gasteiger partial charge is 0.320 e. The average molecular weight is 403 g/mol. The average Bonchev–Trinajstić information content (AvgIpc) is 2.77. The van der Waals surface area contributed by atoms with E-state index in [9.17, 15) is 14.0 Å². The van der Waals surface area contributed by atoms with Crippen molar-refractivity contribution in [1.82, 2.24) is 4.90 Å². The highest BCUT2D eigenvalue weighted by Crippen LogP contribution is 2.29. The van der Waals surface area contributed by atoms with Crippen LogP contribution in [0.1, 0.15) is 22.3 Å². The van der Waals surface area contributed by atoms with Crippen LogP contribution in [-0.2, 0) is 6.54 Å². The molecular weight excluding hydrogens is 381 g/mol. The van der Waals surface area contributed by atoms with Gasteiger partial charge in [0, 0.05) is 25.2 Å². The summed E-state index contributed by atoms with van der Waals surface area (Å²) in [5, 5.41) is 2.85. The van der Waals surface area contributed by atoms with E-state index in [1.165, 1.54) is 24.3 Å². The van der Waals surface area contributed by atoms with Crippen LogP contribution in [0.25, 0.3) is 0 Å². The number of nitrogens with one attached hydrogen (secondary N) is 1. The first-order chi connectivity index (χ1) is 14.6. The van der Waals surface area contributed by atoms with Crippen LogP contribution in [0.4, 0.5) is 20.6 Å². The molecule has 1 aliphatic heterocycles. The quantitative estimate of drug-likeness (QED) is 0.658. The van der Waals surface area contributed by atoms with Gasteiger partial charge in [-0.15, -0.1) is 0 Å². The summed E-state index contributed by atoms with van der Waals surface area (Å²) in [5.41, 5.74) is 2.62. The van der Waals surface area contributed by atoms with Crippen molar-refractivity contribution in [1.29, 1.82) is 0 Å². The number of hydrogen-bond donors (Lipinski definition) is 1. The van der Waals surface area contributed by atoms with Crippen LogP contribution >= 0.6 is 0 Å². The lowest BCUT2D eigenvalue weighted by Gasteiger charge is -2.36. The van der Waals surface area contributed by atoms with E-state index >= 15 is 0 Å². The third kappa shape index (κ3) is 4.33. The number of halogens is 1. The molecule has 1 fully saturated rings. The van der Waals surface area contributed by atoms with E-state index in [2.05, 4.69) is 5.32 Å². The van der Waals surface area contributed by atoms with Gasteiger partial charge in [-0.25, -0.2) is 9.18 Å². The Morgan fingerprint density at radius 1 is 0.900 bits per heavy atom. The molecule has 0 atom stereocenters. The zero-order valence-electron chi connectivity index (χ0n) is 16.4. The standard InChI is InChI=1S/C24H22FN3O2/c25-20-13-11-19(12-14-20)23(29)26-21-9-4-5-10-22(21)28-16-6-15-27(24(28)30)17-18-7-2-1-3-8-18/h1-5,7-14H,6,15-17H2,(H,26,29). The van der Waals surface area contributed by atoms with Gasteiger partial charge in [0.2, 0.25) is 0 Å². The summed E-state index contributed by atoms with van der Waals surface area (Å²) in [7, 11) is 0. The second-order valence-corrected chi connectivity index (χ2v) is 7.17. The highest BCUT2D eigenvalue weighted by molar-refractivity contribution is 6.07. The van der Waals surface area contributed by atoms with E-state index in [1.807, 2.05) is 47.4 Å². The Balaban J connectivity index is 1.54. The maximum Gasteiger partial charge on any atom is 0.324 e. The first-order valence-corrected chi connectivity index (χ1v) is 9.88. The lowest BCUT2D eigenvalue weighted by atomic mass is 10.1. The summed E-state index contributed by atoms with van der Waals surface area (Å²) in [4.78, 5) is 29.3. The topological polar surface area (TPSA) is 52.7 Å². The van der Waals surface area contributed by atoms with E-state index in [4.69, 9.17) is 0 Å². The number of para-hydroxylation sites is 2. The predicted molar refractivity (Wildman–Crippen MR) is 115 cm³/mol. The lowest BCUT2D eigenvalue weighted by molar-refractivity contribution is 0.102. The fourth-order valence-corrected chi connectivity index (χ4v) is 3.57. The molecular formula is C24H22FN3O2. The molecule has 152 valence electrons. The first-order valence-electron chi connectivity index (χ1n) is 9.88. The highest BCUT2D eigenvalue weighted by atomic mass is 19.1. The minimum absolute atomic E-state index is 0.0893. The molecule has 6 heteroatoms. The number of hydrogen-bond acceptors (Lipinski definition) is 2. The van der Waals surface area contributed by atoms with Crippen molar-refractivity contribution in [2.45, 2.75) is 13.0 Å². The van der Waals surface area contributed by atoms with Gasteiger partial charge in [0.05, 0.1) is 11.4 Å². The van der Waals surface area contributed by atoms with Crippen molar-refractivity contribution in [3.8, 4) is 0 Å². The molecule has 1 aliphatic rings. The molecule has 30 heavy (non-hydrogen) atoms. The summed E-state index contributed by atoms with van der Waals surface area (Å²) in [6, 6.07) is 22.4. The fraction of sp³-hybridized carbons (Fsp3) is 0.167. The summed E-state index contributed by atoms with van der Waals surface area (Å²) in [5.74, 6) is -0.752. The highest BCUT2D eigenvalue weighted by Gasteiger charge is 2.28. The molecule has 3 aromatic rings. The number of urea groups is 1. The SMILES string of the molecule is O=C(Nc1ccccc1N1CCCN(Cc2ccccc2)C1=O)c1ccc(F)cc1. The van der Waals surface area contributed by atoms with Gasteiger partial charge in [-0.1, -0.05) is 42.5 Å². The van der Waals surface area contributed by atoms with Gasteiger partial charge >= 0.3 is 6.03 Å². The molecule has 0 aliphatic carbocycles. The Morgan fingerprint density at radius 2 is 1.60 bits per heavy atom. The van der Waals surface area contributed by atoms with E-state index in [0.717, 1.165) is 12.0 Å². The van der Waals surface area contributed by atoms with Gasteiger partial charge in [-0.2, -0.15) is 0 Å². The third-order valence-electron chi connectivity index (χ3n) is 5.08. The number of nitrogens with zero attached hydrogens (tertiary/aromatic N) is 2. The minimum Gasteiger partial charge on any atom is -0.320 e. The van der Waals surface area contributed by atoms with Crippen LogP contribution in [0.5, 0.6) is 0 Å². The molecule has 3 aromatic carbocycles. The molecule has 0 unspecified atom stereocenters. The molecule has 3 amide bonds. The maximum atomic E-state index is 13.2. The summed E-state index contributed by atoms with van der Waals surface area (Å²) in [6.45, 7) is 1.81. The number of anilines is 2. The minimum atomic E-state index is -0.399. The van der Waals surface area contributed by atoms with E-state index in [-0.39, 0.29) is 11.9 Å². The Labute approximate surface area is 174 Å². The first kappa shape index (κ1) is 19.6. The second kappa shape index (κ2) is 8.78. The van der Waals surface area contributed by atoms with E-state index in [1.54, 1.807) is 17.0 Å². The third-order valence-corrected chi connectivity index (χ3v) is 5.08. The Morgan fingerprint density at radius 3 is 2.37 bits per heavy atom.